The number of hydrogen-bond acceptors (Lipinski definition) is 9. The van der Waals surface area contributed by atoms with Crippen LogP contribution in [0.25, 0.3) is 11.4 Å². The van der Waals surface area contributed by atoms with Crippen molar-refractivity contribution in [1.29, 1.82) is 0 Å². The second-order valence-corrected chi connectivity index (χ2v) is 9.12. The zero-order valence-electron chi connectivity index (χ0n) is 19.4. The van der Waals surface area contributed by atoms with Crippen molar-refractivity contribution in [3.05, 3.63) is 45.6 Å². The molecule has 0 saturated heterocycles. The molecule has 0 saturated carbocycles. The van der Waals surface area contributed by atoms with Gasteiger partial charge in [-0.2, -0.15) is 0 Å². The number of aryl methyl sites for hydroxylation is 1. The van der Waals surface area contributed by atoms with E-state index in [1.165, 1.54) is 49.1 Å². The van der Waals surface area contributed by atoms with E-state index in [1.54, 1.807) is 11.3 Å². The number of anilines is 1. The van der Waals surface area contributed by atoms with Crippen LogP contribution in [0.1, 0.15) is 45.9 Å². The highest BCUT2D eigenvalue weighted by Gasteiger charge is 2.19. The van der Waals surface area contributed by atoms with E-state index in [0.717, 1.165) is 24.2 Å². The molecule has 3 aromatic rings. The molecule has 1 amide bonds. The van der Waals surface area contributed by atoms with Gasteiger partial charge in [0, 0.05) is 22.4 Å². The SMILES string of the molecule is CCCc1cc(-c2nnc(SCC(=O)Nc3cc(C(=O)OC)ccc3C(=O)OC)n2CC)cs1. The number of ether oxygens (including phenoxy) is 2. The summed E-state index contributed by atoms with van der Waals surface area (Å²) in [4.78, 5) is 38.0. The van der Waals surface area contributed by atoms with Gasteiger partial charge < -0.3 is 19.4 Å². The molecular weight excluding hydrogens is 476 g/mol. The number of nitrogens with zero attached hydrogens (tertiary/aromatic N) is 3. The van der Waals surface area contributed by atoms with Crippen LogP contribution in [0.3, 0.4) is 0 Å². The van der Waals surface area contributed by atoms with Gasteiger partial charge in [0.2, 0.25) is 5.91 Å². The van der Waals surface area contributed by atoms with Crippen LogP contribution in [0.5, 0.6) is 0 Å². The molecule has 0 atom stereocenters. The van der Waals surface area contributed by atoms with Crippen molar-refractivity contribution >= 4 is 46.6 Å². The Hall–Kier alpha value is -3.18. The topological polar surface area (TPSA) is 112 Å². The van der Waals surface area contributed by atoms with Crippen molar-refractivity contribution in [3.63, 3.8) is 0 Å². The van der Waals surface area contributed by atoms with E-state index in [0.29, 0.717) is 11.7 Å². The van der Waals surface area contributed by atoms with Gasteiger partial charge in [0.05, 0.1) is 36.8 Å². The molecule has 3 rings (SSSR count). The summed E-state index contributed by atoms with van der Waals surface area (Å²) >= 11 is 2.94. The third-order valence-electron chi connectivity index (χ3n) is 4.89. The van der Waals surface area contributed by atoms with E-state index in [4.69, 9.17) is 9.47 Å². The van der Waals surface area contributed by atoms with Gasteiger partial charge in [0.15, 0.2) is 11.0 Å². The molecule has 9 nitrogen and oxygen atoms in total. The zero-order valence-corrected chi connectivity index (χ0v) is 21.0. The predicted molar refractivity (Wildman–Crippen MR) is 131 cm³/mol. The lowest BCUT2D eigenvalue weighted by molar-refractivity contribution is -0.113. The van der Waals surface area contributed by atoms with Crippen molar-refractivity contribution in [1.82, 2.24) is 14.8 Å². The van der Waals surface area contributed by atoms with Crippen molar-refractivity contribution in [2.24, 2.45) is 0 Å². The number of benzene rings is 1. The fourth-order valence-corrected chi connectivity index (χ4v) is 5.04. The number of aromatic nitrogens is 3. The first-order valence-corrected chi connectivity index (χ1v) is 12.5. The van der Waals surface area contributed by atoms with E-state index in [9.17, 15) is 14.4 Å². The van der Waals surface area contributed by atoms with Crippen LogP contribution < -0.4 is 5.32 Å². The van der Waals surface area contributed by atoms with Gasteiger partial charge in [-0.05, 0) is 37.6 Å². The maximum absolute atomic E-state index is 12.7. The molecule has 0 unspecified atom stereocenters. The smallest absolute Gasteiger partial charge is 0.339 e. The van der Waals surface area contributed by atoms with Crippen LogP contribution in [0.4, 0.5) is 5.69 Å². The van der Waals surface area contributed by atoms with Crippen LogP contribution >= 0.6 is 23.1 Å². The number of carbonyl (C=O) groups is 3. The standard InChI is InChI=1S/C23H26N4O5S2/c1-5-7-16-10-15(12-33-16)20-25-26-23(27(20)6-2)34-13-19(28)24-18-11-14(21(29)31-3)8-9-17(18)22(30)32-4/h8-12H,5-7,13H2,1-4H3,(H,24,28). The molecule has 0 aliphatic carbocycles. The number of methoxy groups -OCH3 is 2. The van der Waals surface area contributed by atoms with Crippen molar-refractivity contribution in [3.8, 4) is 11.4 Å². The summed E-state index contributed by atoms with van der Waals surface area (Å²) in [6.45, 7) is 4.80. The molecule has 0 aliphatic rings. The van der Waals surface area contributed by atoms with Crippen molar-refractivity contribution in [2.75, 3.05) is 25.3 Å². The van der Waals surface area contributed by atoms with Crippen molar-refractivity contribution < 1.29 is 23.9 Å². The van der Waals surface area contributed by atoms with E-state index in [2.05, 4.69) is 33.9 Å². The third kappa shape index (κ3) is 5.84. The minimum absolute atomic E-state index is 0.0337. The van der Waals surface area contributed by atoms with Gasteiger partial charge >= 0.3 is 11.9 Å². The Labute approximate surface area is 205 Å². The Morgan fingerprint density at radius 1 is 1.09 bits per heavy atom. The van der Waals surface area contributed by atoms with E-state index in [-0.39, 0.29) is 28.5 Å². The maximum atomic E-state index is 12.7. The van der Waals surface area contributed by atoms with E-state index < -0.39 is 11.9 Å². The first kappa shape index (κ1) is 25.4. The second-order valence-electron chi connectivity index (χ2n) is 7.18. The summed E-state index contributed by atoms with van der Waals surface area (Å²) in [6, 6.07) is 6.37. The Kier molecular flexibility index (Phi) is 8.83. The molecule has 2 heterocycles. The summed E-state index contributed by atoms with van der Waals surface area (Å²) in [5, 5.41) is 14.0. The van der Waals surface area contributed by atoms with E-state index in [1.807, 2.05) is 11.5 Å². The second kappa shape index (κ2) is 11.8. The van der Waals surface area contributed by atoms with Gasteiger partial charge in [-0.1, -0.05) is 25.1 Å². The van der Waals surface area contributed by atoms with Gasteiger partial charge in [-0.15, -0.1) is 21.5 Å². The molecular formula is C23H26N4O5S2. The molecule has 2 aromatic heterocycles. The number of rotatable bonds is 10. The predicted octanol–water partition coefficient (Wildman–Crippen LogP) is 4.28. The minimum atomic E-state index is -0.632. The van der Waals surface area contributed by atoms with Crippen LogP contribution in [-0.2, 0) is 27.2 Å². The summed E-state index contributed by atoms with van der Waals surface area (Å²) in [7, 11) is 2.50. The summed E-state index contributed by atoms with van der Waals surface area (Å²) in [5.74, 6) is -0.785. The number of nitrogens with one attached hydrogen (secondary N) is 1. The zero-order chi connectivity index (χ0) is 24.7. The van der Waals surface area contributed by atoms with Crippen LogP contribution in [-0.4, -0.2) is 52.6 Å². The first-order chi connectivity index (χ1) is 16.4. The molecule has 1 N–H and O–H groups in total. The molecule has 1 aromatic carbocycles. The van der Waals surface area contributed by atoms with Crippen molar-refractivity contribution in [2.45, 2.75) is 38.4 Å². The average Bonchev–Trinajstić information content (AvgIpc) is 3.48. The number of hydrogen-bond donors (Lipinski definition) is 1. The minimum Gasteiger partial charge on any atom is -0.465 e. The molecule has 11 heteroatoms. The maximum Gasteiger partial charge on any atom is 0.339 e. The van der Waals surface area contributed by atoms with E-state index >= 15 is 0 Å². The van der Waals surface area contributed by atoms with Gasteiger partial charge in [-0.25, -0.2) is 9.59 Å². The quantitative estimate of drug-likeness (QED) is 0.323. The molecule has 0 aliphatic heterocycles. The van der Waals surface area contributed by atoms with Gasteiger partial charge in [0.1, 0.15) is 0 Å². The van der Waals surface area contributed by atoms with Crippen LogP contribution in [0.2, 0.25) is 0 Å². The lowest BCUT2D eigenvalue weighted by Gasteiger charge is -2.11. The Morgan fingerprint density at radius 3 is 2.53 bits per heavy atom. The largest absolute Gasteiger partial charge is 0.465 e. The van der Waals surface area contributed by atoms with Crippen LogP contribution in [0.15, 0.2) is 34.8 Å². The highest BCUT2D eigenvalue weighted by molar-refractivity contribution is 7.99. The molecule has 0 radical (unpaired) electrons. The molecule has 180 valence electrons. The summed E-state index contributed by atoms with van der Waals surface area (Å²) in [6.07, 6.45) is 2.11. The highest BCUT2D eigenvalue weighted by atomic mass is 32.2. The number of thioether (sulfide) groups is 1. The summed E-state index contributed by atoms with van der Waals surface area (Å²) in [5.41, 5.74) is 1.51. The Morgan fingerprint density at radius 2 is 1.85 bits per heavy atom. The monoisotopic (exact) mass is 502 g/mol. The molecule has 0 spiro atoms. The lowest BCUT2D eigenvalue weighted by atomic mass is 10.1. The highest BCUT2D eigenvalue weighted by Crippen LogP contribution is 2.28. The Balaban J connectivity index is 1.74. The van der Waals surface area contributed by atoms with Gasteiger partial charge in [0.25, 0.3) is 0 Å². The third-order valence-corrected chi connectivity index (χ3v) is 6.86. The normalized spacial score (nSPS) is 10.7. The first-order valence-electron chi connectivity index (χ1n) is 10.7. The fourth-order valence-electron chi connectivity index (χ4n) is 3.27. The summed E-state index contributed by atoms with van der Waals surface area (Å²) < 4.78 is 11.5. The molecule has 0 fully saturated rings. The fraction of sp³-hybridized carbons (Fsp3) is 0.348. The lowest BCUT2D eigenvalue weighted by Crippen LogP contribution is -2.18. The Bertz CT molecular complexity index is 1190. The average molecular weight is 503 g/mol. The number of thiophene rings is 1. The number of esters is 2. The molecule has 34 heavy (non-hydrogen) atoms. The molecule has 0 bridgehead atoms. The van der Waals surface area contributed by atoms with Crippen LogP contribution in [0, 0.1) is 0 Å². The number of carbonyl (C=O) groups excluding carboxylic acids is 3. The van der Waals surface area contributed by atoms with Gasteiger partial charge in [-0.3, -0.25) is 4.79 Å². The number of amides is 1.